The molecule has 2 atom stereocenters. The smallest absolute Gasteiger partial charge is 0.237 e. The van der Waals surface area contributed by atoms with Crippen molar-refractivity contribution in [1.29, 1.82) is 0 Å². The number of nitrogens with one attached hydrogen (secondary N) is 1. The van der Waals surface area contributed by atoms with E-state index >= 15 is 0 Å². The van der Waals surface area contributed by atoms with Crippen LogP contribution in [0.5, 0.6) is 0 Å². The van der Waals surface area contributed by atoms with Crippen LogP contribution in [0.15, 0.2) is 0 Å². The highest BCUT2D eigenvalue weighted by atomic mass is 16.5. The molecule has 5 heteroatoms. The molecular formula is C17H33N3O2. The maximum absolute atomic E-state index is 12.1. The molecule has 2 rings (SSSR count). The number of rotatable bonds is 7. The minimum absolute atomic E-state index is 0.0125. The van der Waals surface area contributed by atoms with Gasteiger partial charge in [-0.25, -0.2) is 0 Å². The molecule has 128 valence electrons. The Hall–Kier alpha value is -0.650. The molecule has 2 aliphatic rings. The summed E-state index contributed by atoms with van der Waals surface area (Å²) in [5.41, 5.74) is 6.06. The molecule has 0 aromatic rings. The number of hydrogen-bond acceptors (Lipinski definition) is 4. The normalized spacial score (nSPS) is 25.8. The topological polar surface area (TPSA) is 67.6 Å². The largest absolute Gasteiger partial charge is 0.381 e. The van der Waals surface area contributed by atoms with Gasteiger partial charge in [-0.1, -0.05) is 6.92 Å². The van der Waals surface area contributed by atoms with Gasteiger partial charge < -0.3 is 20.7 Å². The van der Waals surface area contributed by atoms with Gasteiger partial charge in [-0.2, -0.15) is 0 Å². The summed E-state index contributed by atoms with van der Waals surface area (Å²) in [6.07, 6.45) is 6.70. The first-order valence-electron chi connectivity index (χ1n) is 9.00. The molecule has 2 aliphatic heterocycles. The molecule has 0 saturated carbocycles. The van der Waals surface area contributed by atoms with Gasteiger partial charge in [0.15, 0.2) is 0 Å². The van der Waals surface area contributed by atoms with Crippen molar-refractivity contribution in [1.82, 2.24) is 10.2 Å². The van der Waals surface area contributed by atoms with Crippen LogP contribution in [-0.2, 0) is 9.53 Å². The second kappa shape index (κ2) is 9.48. The Bertz CT molecular complexity index is 332. The molecular weight excluding hydrogens is 278 g/mol. The lowest BCUT2D eigenvalue weighted by atomic mass is 9.92. The van der Waals surface area contributed by atoms with E-state index in [4.69, 9.17) is 10.5 Å². The second-order valence-corrected chi connectivity index (χ2v) is 7.02. The van der Waals surface area contributed by atoms with Crippen molar-refractivity contribution in [2.45, 2.75) is 51.5 Å². The summed E-state index contributed by atoms with van der Waals surface area (Å²) in [5, 5.41) is 3.00. The summed E-state index contributed by atoms with van der Waals surface area (Å²) in [6, 6.07) is -0.369. The molecule has 22 heavy (non-hydrogen) atoms. The van der Waals surface area contributed by atoms with Crippen LogP contribution in [0.25, 0.3) is 0 Å². The number of nitrogens with two attached hydrogens (primary N) is 1. The van der Waals surface area contributed by atoms with Gasteiger partial charge in [0.25, 0.3) is 0 Å². The third kappa shape index (κ3) is 5.86. The van der Waals surface area contributed by atoms with Crippen molar-refractivity contribution in [3.8, 4) is 0 Å². The average molecular weight is 311 g/mol. The summed E-state index contributed by atoms with van der Waals surface area (Å²) in [7, 11) is 0. The van der Waals surface area contributed by atoms with Crippen LogP contribution in [0.1, 0.15) is 45.4 Å². The van der Waals surface area contributed by atoms with Gasteiger partial charge >= 0.3 is 0 Å². The molecule has 3 N–H and O–H groups in total. The molecule has 0 radical (unpaired) electrons. The average Bonchev–Trinajstić information content (AvgIpc) is 2.54. The Morgan fingerprint density at radius 3 is 2.82 bits per heavy atom. The molecule has 2 heterocycles. The quantitative estimate of drug-likeness (QED) is 0.697. The predicted octanol–water partition coefficient (Wildman–Crippen LogP) is 1.37. The molecule has 0 aromatic heterocycles. The standard InChI is InChI=1S/C17H33N3O2/c1-14-5-4-10-20(13-14)9-3-2-8-19-17(21)16(18)15-6-11-22-12-7-15/h14-16H,2-13,18H2,1H3,(H,19,21). The highest BCUT2D eigenvalue weighted by Gasteiger charge is 2.26. The molecule has 2 saturated heterocycles. The monoisotopic (exact) mass is 311 g/mol. The van der Waals surface area contributed by atoms with Gasteiger partial charge in [0, 0.05) is 26.3 Å². The Balaban J connectivity index is 1.53. The minimum atomic E-state index is -0.369. The van der Waals surface area contributed by atoms with Crippen molar-refractivity contribution in [2.75, 3.05) is 39.4 Å². The first-order valence-corrected chi connectivity index (χ1v) is 9.00. The predicted molar refractivity (Wildman–Crippen MR) is 88.6 cm³/mol. The van der Waals surface area contributed by atoms with Crippen molar-refractivity contribution >= 4 is 5.91 Å². The van der Waals surface area contributed by atoms with Gasteiger partial charge in [0.05, 0.1) is 6.04 Å². The fourth-order valence-corrected chi connectivity index (χ4v) is 3.57. The van der Waals surface area contributed by atoms with E-state index in [9.17, 15) is 4.79 Å². The zero-order chi connectivity index (χ0) is 15.8. The Morgan fingerprint density at radius 1 is 1.32 bits per heavy atom. The first kappa shape index (κ1) is 17.7. The molecule has 0 bridgehead atoms. The Morgan fingerprint density at radius 2 is 2.09 bits per heavy atom. The number of amides is 1. The fourth-order valence-electron chi connectivity index (χ4n) is 3.57. The van der Waals surface area contributed by atoms with Crippen molar-refractivity contribution in [3.05, 3.63) is 0 Å². The number of piperidine rings is 1. The molecule has 0 aliphatic carbocycles. The van der Waals surface area contributed by atoms with Crippen LogP contribution >= 0.6 is 0 Å². The fraction of sp³-hybridized carbons (Fsp3) is 0.941. The zero-order valence-corrected chi connectivity index (χ0v) is 14.1. The molecule has 2 unspecified atom stereocenters. The van der Waals surface area contributed by atoms with E-state index < -0.39 is 0 Å². The lowest BCUT2D eigenvalue weighted by Gasteiger charge is -2.30. The Labute approximate surface area is 134 Å². The first-order chi connectivity index (χ1) is 10.7. The molecule has 2 fully saturated rings. The highest BCUT2D eigenvalue weighted by Crippen LogP contribution is 2.18. The van der Waals surface area contributed by atoms with Crippen LogP contribution in [0.4, 0.5) is 0 Å². The highest BCUT2D eigenvalue weighted by molar-refractivity contribution is 5.81. The summed E-state index contributed by atoms with van der Waals surface area (Å²) in [6.45, 7) is 8.20. The maximum atomic E-state index is 12.1. The van der Waals surface area contributed by atoms with Crippen LogP contribution in [0.3, 0.4) is 0 Å². The molecule has 5 nitrogen and oxygen atoms in total. The van der Waals surface area contributed by atoms with Crippen molar-refractivity contribution in [3.63, 3.8) is 0 Å². The number of unbranched alkanes of at least 4 members (excludes halogenated alkanes) is 1. The number of ether oxygens (including phenoxy) is 1. The number of carbonyl (C=O) groups is 1. The van der Waals surface area contributed by atoms with Gasteiger partial charge in [0.1, 0.15) is 0 Å². The van der Waals surface area contributed by atoms with Crippen LogP contribution in [0.2, 0.25) is 0 Å². The van der Waals surface area contributed by atoms with Crippen LogP contribution in [0, 0.1) is 11.8 Å². The SMILES string of the molecule is CC1CCCN(CCCCNC(=O)C(N)C2CCOCC2)C1. The van der Waals surface area contributed by atoms with E-state index in [1.807, 2.05) is 0 Å². The van der Waals surface area contributed by atoms with Crippen molar-refractivity contribution < 1.29 is 9.53 Å². The molecule has 0 spiro atoms. The Kier molecular flexibility index (Phi) is 7.63. The molecule has 1 amide bonds. The minimum Gasteiger partial charge on any atom is -0.381 e. The van der Waals surface area contributed by atoms with E-state index in [0.717, 1.165) is 57.9 Å². The van der Waals surface area contributed by atoms with Crippen LogP contribution < -0.4 is 11.1 Å². The number of nitrogens with zero attached hydrogens (tertiary/aromatic N) is 1. The number of carbonyl (C=O) groups excluding carboxylic acids is 1. The number of likely N-dealkylation sites (tertiary alicyclic amines) is 1. The van der Waals surface area contributed by atoms with E-state index in [2.05, 4.69) is 17.1 Å². The third-order valence-corrected chi connectivity index (χ3v) is 5.02. The van der Waals surface area contributed by atoms with Gasteiger partial charge in [-0.15, -0.1) is 0 Å². The summed E-state index contributed by atoms with van der Waals surface area (Å²) in [4.78, 5) is 14.6. The van der Waals surface area contributed by atoms with E-state index in [-0.39, 0.29) is 17.9 Å². The lowest BCUT2D eigenvalue weighted by molar-refractivity contribution is -0.124. The van der Waals surface area contributed by atoms with E-state index in [0.29, 0.717) is 0 Å². The third-order valence-electron chi connectivity index (χ3n) is 5.02. The van der Waals surface area contributed by atoms with Crippen LogP contribution in [-0.4, -0.2) is 56.2 Å². The van der Waals surface area contributed by atoms with Gasteiger partial charge in [0.2, 0.25) is 5.91 Å². The zero-order valence-electron chi connectivity index (χ0n) is 14.1. The number of hydrogen-bond donors (Lipinski definition) is 2. The van der Waals surface area contributed by atoms with E-state index in [1.165, 1.54) is 25.9 Å². The summed E-state index contributed by atoms with van der Waals surface area (Å²) < 4.78 is 5.32. The van der Waals surface area contributed by atoms with Gasteiger partial charge in [-0.05, 0) is 63.5 Å². The van der Waals surface area contributed by atoms with Gasteiger partial charge in [-0.3, -0.25) is 4.79 Å². The van der Waals surface area contributed by atoms with E-state index in [1.54, 1.807) is 0 Å². The molecule has 0 aromatic carbocycles. The lowest BCUT2D eigenvalue weighted by Crippen LogP contribution is -2.47. The second-order valence-electron chi connectivity index (χ2n) is 7.02. The maximum Gasteiger partial charge on any atom is 0.237 e. The van der Waals surface area contributed by atoms with Crippen molar-refractivity contribution in [2.24, 2.45) is 17.6 Å². The summed E-state index contributed by atoms with van der Waals surface area (Å²) in [5.74, 6) is 1.13. The summed E-state index contributed by atoms with van der Waals surface area (Å²) >= 11 is 0.